The van der Waals surface area contributed by atoms with Crippen molar-refractivity contribution in [2.24, 2.45) is 11.8 Å². The number of carbonyl (C=O) groups is 2. The Morgan fingerprint density at radius 3 is 2.49 bits per heavy atom. The number of aliphatic hydroxyl groups excluding tert-OH is 2. The third-order valence-electron chi connectivity index (χ3n) is 6.83. The number of amides is 2. The molecule has 1 aromatic heterocycles. The quantitative estimate of drug-likeness (QED) is 0.302. The first-order chi connectivity index (χ1) is 17.1. The lowest BCUT2D eigenvalue weighted by Gasteiger charge is -2.32. The molecule has 2 heterocycles. The summed E-state index contributed by atoms with van der Waals surface area (Å²) in [7, 11) is 0. The molecule has 0 spiro atoms. The van der Waals surface area contributed by atoms with E-state index in [0.29, 0.717) is 25.4 Å². The Hall–Kier alpha value is -2.90. The van der Waals surface area contributed by atoms with Gasteiger partial charge >= 0.3 is 0 Å². The molecular weight excluding hydrogens is 442 g/mol. The molecule has 1 aliphatic heterocycles. The Bertz CT molecular complexity index is 929. The van der Waals surface area contributed by atoms with Crippen molar-refractivity contribution in [2.75, 3.05) is 32.8 Å². The zero-order valence-corrected chi connectivity index (χ0v) is 20.5. The average Bonchev–Trinajstić information content (AvgIpc) is 3.35. The summed E-state index contributed by atoms with van der Waals surface area (Å²) in [4.78, 5) is 26.7. The summed E-state index contributed by atoms with van der Waals surface area (Å²) < 4.78 is 2.01. The van der Waals surface area contributed by atoms with Gasteiger partial charge in [0.1, 0.15) is 0 Å². The molecule has 0 unspecified atom stereocenters. The van der Waals surface area contributed by atoms with Crippen molar-refractivity contribution in [2.45, 2.75) is 45.1 Å². The maximum atomic E-state index is 12.6. The van der Waals surface area contributed by atoms with Crippen LogP contribution in [0.3, 0.4) is 0 Å². The molecule has 7 heteroatoms. The van der Waals surface area contributed by atoms with E-state index in [9.17, 15) is 19.8 Å². The van der Waals surface area contributed by atoms with Crippen molar-refractivity contribution in [3.05, 3.63) is 66.0 Å². The maximum Gasteiger partial charge on any atom is 0.253 e. The Morgan fingerprint density at radius 1 is 1.03 bits per heavy atom. The third kappa shape index (κ3) is 8.67. The number of aromatic nitrogens is 1. The van der Waals surface area contributed by atoms with Crippen LogP contribution in [-0.4, -0.2) is 64.3 Å². The monoisotopic (exact) mass is 481 g/mol. The minimum Gasteiger partial charge on any atom is -0.396 e. The van der Waals surface area contributed by atoms with Gasteiger partial charge in [-0.3, -0.25) is 9.59 Å². The van der Waals surface area contributed by atoms with Gasteiger partial charge in [-0.1, -0.05) is 31.0 Å². The van der Waals surface area contributed by atoms with Gasteiger partial charge in [0.25, 0.3) is 5.91 Å². The van der Waals surface area contributed by atoms with Gasteiger partial charge in [0, 0.05) is 68.8 Å². The molecule has 0 bridgehead atoms. The fourth-order valence-electron chi connectivity index (χ4n) is 4.52. The number of hydrogen-bond acceptors (Lipinski definition) is 4. The Labute approximate surface area is 208 Å². The number of nitrogens with one attached hydrogen (secondary N) is 1. The predicted octanol–water partition coefficient (Wildman–Crippen LogP) is 3.33. The maximum absolute atomic E-state index is 12.6. The summed E-state index contributed by atoms with van der Waals surface area (Å²) in [5, 5.41) is 21.4. The van der Waals surface area contributed by atoms with Crippen LogP contribution in [0.2, 0.25) is 0 Å². The minimum atomic E-state index is -0.123. The predicted molar refractivity (Wildman–Crippen MR) is 138 cm³/mol. The van der Waals surface area contributed by atoms with E-state index in [4.69, 9.17) is 0 Å². The molecular formula is C28H39N3O4. The molecule has 0 saturated carbocycles. The summed E-state index contributed by atoms with van der Waals surface area (Å²) in [6, 6.07) is 13.4. The topological polar surface area (TPSA) is 94.8 Å². The number of carbonyl (C=O) groups excluding carboxylic acids is 2. The number of nitrogens with zero attached hydrogens (tertiary/aromatic N) is 2. The van der Waals surface area contributed by atoms with Gasteiger partial charge < -0.3 is 25.0 Å². The number of benzene rings is 1. The second kappa shape index (κ2) is 14.5. The fraction of sp³-hybridized carbons (Fsp3) is 0.500. The van der Waals surface area contributed by atoms with Gasteiger partial charge in [-0.05, 0) is 61.9 Å². The molecule has 1 fully saturated rings. The van der Waals surface area contributed by atoms with Crippen molar-refractivity contribution in [1.82, 2.24) is 14.8 Å². The van der Waals surface area contributed by atoms with Crippen LogP contribution in [0.4, 0.5) is 0 Å². The van der Waals surface area contributed by atoms with Crippen molar-refractivity contribution in [1.29, 1.82) is 0 Å². The summed E-state index contributed by atoms with van der Waals surface area (Å²) in [6.45, 7) is 2.92. The highest BCUT2D eigenvalue weighted by Gasteiger charge is 2.23. The first kappa shape index (κ1) is 26.7. The molecule has 7 nitrogen and oxygen atoms in total. The van der Waals surface area contributed by atoms with Crippen LogP contribution in [0.1, 0.15) is 54.6 Å². The van der Waals surface area contributed by atoms with E-state index in [2.05, 4.69) is 5.32 Å². The lowest BCUT2D eigenvalue weighted by atomic mass is 9.91. The number of likely N-dealkylation sites (tertiary alicyclic amines) is 1. The molecule has 190 valence electrons. The van der Waals surface area contributed by atoms with Crippen LogP contribution in [-0.2, 0) is 11.3 Å². The van der Waals surface area contributed by atoms with Gasteiger partial charge in [-0.15, -0.1) is 0 Å². The summed E-state index contributed by atoms with van der Waals surface area (Å²) in [5.41, 5.74) is 1.69. The second-order valence-electron chi connectivity index (χ2n) is 9.37. The van der Waals surface area contributed by atoms with Crippen LogP contribution in [0.25, 0.3) is 6.08 Å². The Kier molecular flexibility index (Phi) is 11.1. The molecule has 1 aliphatic rings. The highest BCUT2D eigenvalue weighted by molar-refractivity contribution is 5.94. The lowest BCUT2D eigenvalue weighted by molar-refractivity contribution is -0.116. The largest absolute Gasteiger partial charge is 0.396 e. The van der Waals surface area contributed by atoms with Crippen molar-refractivity contribution in [3.63, 3.8) is 0 Å². The minimum absolute atomic E-state index is 0.0293. The van der Waals surface area contributed by atoms with Crippen LogP contribution in [0.15, 0.2) is 54.7 Å². The second-order valence-corrected chi connectivity index (χ2v) is 9.37. The van der Waals surface area contributed by atoms with Crippen molar-refractivity contribution >= 4 is 17.9 Å². The van der Waals surface area contributed by atoms with Gasteiger partial charge in [0.15, 0.2) is 0 Å². The zero-order chi connectivity index (χ0) is 24.9. The molecule has 0 atom stereocenters. The van der Waals surface area contributed by atoms with E-state index in [1.807, 2.05) is 58.1 Å². The number of rotatable bonds is 13. The van der Waals surface area contributed by atoms with Gasteiger partial charge in [-0.25, -0.2) is 0 Å². The van der Waals surface area contributed by atoms with Crippen LogP contribution < -0.4 is 5.32 Å². The molecule has 0 aliphatic carbocycles. The van der Waals surface area contributed by atoms with E-state index in [-0.39, 0.29) is 30.9 Å². The number of aryl methyl sites for hydroxylation is 1. The van der Waals surface area contributed by atoms with E-state index in [1.54, 1.807) is 12.2 Å². The first-order valence-electron chi connectivity index (χ1n) is 12.8. The van der Waals surface area contributed by atoms with E-state index >= 15 is 0 Å². The average molecular weight is 482 g/mol. The van der Waals surface area contributed by atoms with E-state index in [0.717, 1.165) is 56.5 Å². The molecule has 3 N–H and O–H groups in total. The van der Waals surface area contributed by atoms with E-state index in [1.165, 1.54) is 0 Å². The van der Waals surface area contributed by atoms with Crippen LogP contribution in [0.5, 0.6) is 0 Å². The van der Waals surface area contributed by atoms with Crippen LogP contribution >= 0.6 is 0 Å². The summed E-state index contributed by atoms with van der Waals surface area (Å²) >= 11 is 0. The summed E-state index contributed by atoms with van der Waals surface area (Å²) in [6.07, 6.45) is 11.2. The van der Waals surface area contributed by atoms with Crippen molar-refractivity contribution in [3.8, 4) is 0 Å². The molecule has 1 aromatic carbocycles. The van der Waals surface area contributed by atoms with Gasteiger partial charge in [0.05, 0.1) is 0 Å². The zero-order valence-electron chi connectivity index (χ0n) is 20.5. The van der Waals surface area contributed by atoms with Crippen LogP contribution in [0, 0.1) is 11.8 Å². The SMILES string of the molecule is O=C(/C=C/c1cccn1CCC(CO)CO)NCCCCC1CCN(C(=O)c2ccccc2)CC1. The smallest absolute Gasteiger partial charge is 0.253 e. The molecule has 1 saturated heterocycles. The van der Waals surface area contributed by atoms with Crippen molar-refractivity contribution < 1.29 is 19.8 Å². The van der Waals surface area contributed by atoms with Gasteiger partial charge in [-0.2, -0.15) is 0 Å². The molecule has 0 radical (unpaired) electrons. The fourth-order valence-corrected chi connectivity index (χ4v) is 4.52. The number of unbranched alkanes of at least 4 members (excludes halogenated alkanes) is 1. The van der Waals surface area contributed by atoms with E-state index < -0.39 is 0 Å². The standard InChI is InChI=1S/C28H39N3O4/c32-21-24(22-33)15-18-30-17-6-10-26(30)11-12-27(34)29-16-5-4-7-23-13-19-31(20-14-23)28(35)25-8-2-1-3-9-25/h1-3,6,8-12,17,23-24,32-33H,4-5,7,13-16,18-22H2,(H,29,34)/b12-11+. The molecule has 2 aromatic rings. The highest BCUT2D eigenvalue weighted by Crippen LogP contribution is 2.23. The van der Waals surface area contributed by atoms with Gasteiger partial charge in [0.2, 0.25) is 5.91 Å². The normalized spacial score (nSPS) is 14.7. The molecule has 35 heavy (non-hydrogen) atoms. The number of aliphatic hydroxyl groups is 2. The molecule has 2 amide bonds. The first-order valence-corrected chi connectivity index (χ1v) is 12.8. The number of piperidine rings is 1. The lowest BCUT2D eigenvalue weighted by Crippen LogP contribution is -2.38. The highest BCUT2D eigenvalue weighted by atomic mass is 16.3. The summed E-state index contributed by atoms with van der Waals surface area (Å²) in [5.74, 6) is 0.553. The third-order valence-corrected chi connectivity index (χ3v) is 6.83. The Morgan fingerprint density at radius 2 is 1.77 bits per heavy atom. The Balaban J connectivity index is 1.28. The molecule has 3 rings (SSSR count). The number of hydrogen-bond donors (Lipinski definition) is 3.